The molecule has 24 heavy (non-hydrogen) atoms. The molecule has 0 unspecified atom stereocenters. The normalized spacial score (nSPS) is 14.2. The molecular weight excluding hydrogens is 320 g/mol. The quantitative estimate of drug-likeness (QED) is 0.636. The Hall–Kier alpha value is -2.53. The SMILES string of the molecule is CSc1ccc(C=CC(=O)N2CC(=O)N(C)c3ccccc32)cc1. The number of amides is 2. The lowest BCUT2D eigenvalue weighted by Crippen LogP contribution is -2.46. The van der Waals surface area contributed by atoms with Gasteiger partial charge in [-0.15, -0.1) is 11.8 Å². The van der Waals surface area contributed by atoms with Crippen molar-refractivity contribution in [2.24, 2.45) is 0 Å². The van der Waals surface area contributed by atoms with E-state index < -0.39 is 0 Å². The van der Waals surface area contributed by atoms with Gasteiger partial charge in [0.1, 0.15) is 6.54 Å². The molecule has 0 aliphatic carbocycles. The van der Waals surface area contributed by atoms with E-state index in [0.29, 0.717) is 0 Å². The van der Waals surface area contributed by atoms with Crippen LogP contribution in [-0.4, -0.2) is 31.7 Å². The highest BCUT2D eigenvalue weighted by atomic mass is 32.2. The maximum Gasteiger partial charge on any atom is 0.251 e. The van der Waals surface area contributed by atoms with Gasteiger partial charge in [-0.05, 0) is 42.2 Å². The van der Waals surface area contributed by atoms with Crippen LogP contribution in [0.4, 0.5) is 11.4 Å². The topological polar surface area (TPSA) is 40.6 Å². The third-order valence-corrected chi connectivity index (χ3v) is 4.75. The van der Waals surface area contributed by atoms with Gasteiger partial charge in [0.25, 0.3) is 5.91 Å². The summed E-state index contributed by atoms with van der Waals surface area (Å²) in [5.74, 6) is -0.294. The van der Waals surface area contributed by atoms with Crippen LogP contribution < -0.4 is 9.80 Å². The molecule has 0 saturated heterocycles. The van der Waals surface area contributed by atoms with E-state index in [1.807, 2.05) is 54.8 Å². The molecule has 0 saturated carbocycles. The van der Waals surface area contributed by atoms with Gasteiger partial charge >= 0.3 is 0 Å². The lowest BCUT2D eigenvalue weighted by Gasteiger charge is -2.33. The second kappa shape index (κ2) is 6.93. The first-order valence-corrected chi connectivity index (χ1v) is 8.82. The zero-order chi connectivity index (χ0) is 17.1. The first-order chi connectivity index (χ1) is 11.6. The number of likely N-dealkylation sites (N-methyl/N-ethyl adjacent to an activating group) is 1. The minimum Gasteiger partial charge on any atom is -0.312 e. The van der Waals surface area contributed by atoms with Crippen molar-refractivity contribution in [3.8, 4) is 0 Å². The van der Waals surface area contributed by atoms with Crippen molar-refractivity contribution < 1.29 is 9.59 Å². The highest BCUT2D eigenvalue weighted by Crippen LogP contribution is 2.32. The zero-order valence-corrected chi connectivity index (χ0v) is 14.4. The van der Waals surface area contributed by atoms with Crippen LogP contribution in [0.3, 0.4) is 0 Å². The molecule has 2 aromatic carbocycles. The van der Waals surface area contributed by atoms with Gasteiger partial charge < -0.3 is 4.90 Å². The zero-order valence-electron chi connectivity index (χ0n) is 13.6. The van der Waals surface area contributed by atoms with Gasteiger partial charge in [0.15, 0.2) is 0 Å². The molecule has 0 atom stereocenters. The van der Waals surface area contributed by atoms with Crippen molar-refractivity contribution in [1.29, 1.82) is 0 Å². The fourth-order valence-electron chi connectivity index (χ4n) is 2.61. The Balaban J connectivity index is 1.83. The van der Waals surface area contributed by atoms with Crippen molar-refractivity contribution in [1.82, 2.24) is 0 Å². The molecule has 2 aromatic rings. The average Bonchev–Trinajstić information content (AvgIpc) is 2.63. The molecule has 1 heterocycles. The first kappa shape index (κ1) is 16.3. The fraction of sp³-hybridized carbons (Fsp3) is 0.158. The standard InChI is InChI=1S/C19H18N2O2S/c1-20-16-5-3-4-6-17(16)21(13-19(20)23)18(22)12-9-14-7-10-15(24-2)11-8-14/h3-12H,13H2,1-2H3. The Kier molecular flexibility index (Phi) is 4.71. The predicted molar refractivity (Wildman–Crippen MR) is 99.5 cm³/mol. The largest absolute Gasteiger partial charge is 0.312 e. The fourth-order valence-corrected chi connectivity index (χ4v) is 3.01. The molecular formula is C19H18N2O2S. The molecule has 2 amide bonds. The van der Waals surface area contributed by atoms with E-state index in [2.05, 4.69) is 0 Å². The maximum atomic E-state index is 12.6. The van der Waals surface area contributed by atoms with Gasteiger partial charge in [-0.25, -0.2) is 0 Å². The lowest BCUT2D eigenvalue weighted by molar-refractivity contribution is -0.120. The number of carbonyl (C=O) groups excluding carboxylic acids is 2. The number of carbonyl (C=O) groups is 2. The molecule has 122 valence electrons. The number of fused-ring (bicyclic) bond motifs is 1. The van der Waals surface area contributed by atoms with E-state index in [9.17, 15) is 9.59 Å². The summed E-state index contributed by atoms with van der Waals surface area (Å²) in [6.07, 6.45) is 5.32. The number of anilines is 2. The van der Waals surface area contributed by atoms with Crippen LogP contribution in [0.5, 0.6) is 0 Å². The number of para-hydroxylation sites is 2. The second-order valence-corrected chi connectivity index (χ2v) is 6.35. The number of nitrogens with zero attached hydrogens (tertiary/aromatic N) is 2. The maximum absolute atomic E-state index is 12.6. The smallest absolute Gasteiger partial charge is 0.251 e. The van der Waals surface area contributed by atoms with Gasteiger partial charge in [-0.2, -0.15) is 0 Å². The average molecular weight is 338 g/mol. The summed E-state index contributed by atoms with van der Waals surface area (Å²) in [6, 6.07) is 15.4. The molecule has 5 heteroatoms. The molecule has 1 aliphatic rings. The van der Waals surface area contributed by atoms with Crippen LogP contribution >= 0.6 is 11.8 Å². The Morgan fingerprint density at radius 1 is 1.08 bits per heavy atom. The Morgan fingerprint density at radius 2 is 1.75 bits per heavy atom. The summed E-state index contributed by atoms with van der Waals surface area (Å²) in [7, 11) is 1.73. The molecule has 3 rings (SSSR count). The van der Waals surface area contributed by atoms with Gasteiger partial charge in [0.05, 0.1) is 11.4 Å². The van der Waals surface area contributed by atoms with E-state index in [0.717, 1.165) is 16.9 Å². The summed E-state index contributed by atoms with van der Waals surface area (Å²) in [5, 5.41) is 0. The van der Waals surface area contributed by atoms with E-state index in [4.69, 9.17) is 0 Å². The number of hydrogen-bond acceptors (Lipinski definition) is 3. The van der Waals surface area contributed by atoms with Crippen LogP contribution in [-0.2, 0) is 9.59 Å². The molecule has 0 fully saturated rings. The molecule has 0 bridgehead atoms. The molecule has 0 N–H and O–H groups in total. The van der Waals surface area contributed by atoms with Crippen molar-refractivity contribution in [3.63, 3.8) is 0 Å². The van der Waals surface area contributed by atoms with Crippen molar-refractivity contribution >= 4 is 41.0 Å². The van der Waals surface area contributed by atoms with Crippen LogP contribution in [0.25, 0.3) is 6.08 Å². The van der Waals surface area contributed by atoms with Gasteiger partial charge in [-0.3, -0.25) is 14.5 Å². The number of hydrogen-bond donors (Lipinski definition) is 0. The molecule has 0 radical (unpaired) electrons. The molecule has 1 aliphatic heterocycles. The summed E-state index contributed by atoms with van der Waals surface area (Å²) in [6.45, 7) is 0.0576. The molecule has 0 spiro atoms. The van der Waals surface area contributed by atoms with E-state index >= 15 is 0 Å². The third kappa shape index (κ3) is 3.21. The predicted octanol–water partition coefficient (Wildman–Crippen LogP) is 3.43. The Morgan fingerprint density at radius 3 is 2.42 bits per heavy atom. The minimum absolute atomic E-state index is 0.0576. The van der Waals surface area contributed by atoms with Crippen molar-refractivity contribution in [3.05, 3.63) is 60.2 Å². The molecule has 0 aromatic heterocycles. The van der Waals surface area contributed by atoms with E-state index in [1.165, 1.54) is 15.9 Å². The monoisotopic (exact) mass is 338 g/mol. The highest BCUT2D eigenvalue weighted by molar-refractivity contribution is 7.98. The Bertz CT molecular complexity index is 799. The third-order valence-electron chi connectivity index (χ3n) is 4.00. The summed E-state index contributed by atoms with van der Waals surface area (Å²) in [5.41, 5.74) is 2.46. The summed E-state index contributed by atoms with van der Waals surface area (Å²) >= 11 is 1.68. The van der Waals surface area contributed by atoms with Crippen molar-refractivity contribution in [2.75, 3.05) is 29.6 Å². The van der Waals surface area contributed by atoms with Gasteiger partial charge in [-0.1, -0.05) is 24.3 Å². The van der Waals surface area contributed by atoms with Crippen LogP contribution in [0, 0.1) is 0 Å². The van der Waals surface area contributed by atoms with E-state index in [1.54, 1.807) is 29.8 Å². The first-order valence-electron chi connectivity index (χ1n) is 7.59. The second-order valence-electron chi connectivity index (χ2n) is 5.47. The number of thioether (sulfide) groups is 1. The summed E-state index contributed by atoms with van der Waals surface area (Å²) < 4.78 is 0. The Labute approximate surface area is 145 Å². The van der Waals surface area contributed by atoms with Crippen LogP contribution in [0.15, 0.2) is 59.5 Å². The van der Waals surface area contributed by atoms with Gasteiger partial charge in [0.2, 0.25) is 5.91 Å². The minimum atomic E-state index is -0.196. The number of rotatable bonds is 3. The van der Waals surface area contributed by atoms with Crippen molar-refractivity contribution in [2.45, 2.75) is 4.90 Å². The highest BCUT2D eigenvalue weighted by Gasteiger charge is 2.29. The summed E-state index contributed by atoms with van der Waals surface area (Å²) in [4.78, 5) is 29.0. The molecule has 4 nitrogen and oxygen atoms in total. The lowest BCUT2D eigenvalue weighted by atomic mass is 10.1. The van der Waals surface area contributed by atoms with Gasteiger partial charge in [0, 0.05) is 18.0 Å². The van der Waals surface area contributed by atoms with Crippen LogP contribution in [0.2, 0.25) is 0 Å². The van der Waals surface area contributed by atoms with E-state index in [-0.39, 0.29) is 18.4 Å². The van der Waals surface area contributed by atoms with Crippen LogP contribution in [0.1, 0.15) is 5.56 Å². The number of benzene rings is 2.